The topological polar surface area (TPSA) is 18.5 Å². The molecule has 19 heavy (non-hydrogen) atoms. The van der Waals surface area contributed by atoms with Crippen molar-refractivity contribution >= 4 is 22.0 Å². The summed E-state index contributed by atoms with van der Waals surface area (Å²) in [6.07, 6.45) is -3.22. The third-order valence-corrected chi connectivity index (χ3v) is 2.55. The van der Waals surface area contributed by atoms with Crippen molar-refractivity contribution in [2.45, 2.75) is 20.0 Å². The molecule has 0 fully saturated rings. The lowest BCUT2D eigenvalue weighted by atomic mass is 10.1. The van der Waals surface area contributed by atoms with Gasteiger partial charge in [0.2, 0.25) is 0 Å². The molecule has 0 spiro atoms. The Balaban J connectivity index is 3.23. The van der Waals surface area contributed by atoms with E-state index in [4.69, 9.17) is 9.47 Å². The Morgan fingerprint density at radius 2 is 1.79 bits per heavy atom. The number of ether oxygens (including phenoxy) is 2. The van der Waals surface area contributed by atoms with E-state index < -0.39 is 6.18 Å². The van der Waals surface area contributed by atoms with Crippen LogP contribution in [0.15, 0.2) is 22.7 Å². The van der Waals surface area contributed by atoms with Crippen molar-refractivity contribution in [2.75, 3.05) is 13.2 Å². The molecule has 0 aliphatic carbocycles. The van der Waals surface area contributed by atoms with Gasteiger partial charge in [0, 0.05) is 16.1 Å². The molecule has 1 aromatic carbocycles. The van der Waals surface area contributed by atoms with Crippen molar-refractivity contribution in [1.29, 1.82) is 0 Å². The van der Waals surface area contributed by atoms with Crippen LogP contribution >= 0.6 is 15.9 Å². The number of hydrogen-bond donors (Lipinski definition) is 0. The third kappa shape index (κ3) is 5.14. The summed E-state index contributed by atoms with van der Waals surface area (Å²) in [4.78, 5) is 0. The van der Waals surface area contributed by atoms with Gasteiger partial charge in [0.25, 0.3) is 0 Å². The van der Waals surface area contributed by atoms with E-state index in [0.29, 0.717) is 34.7 Å². The van der Waals surface area contributed by atoms with E-state index in [2.05, 4.69) is 15.9 Å². The highest BCUT2D eigenvalue weighted by Gasteiger charge is 2.22. The first kappa shape index (κ1) is 15.9. The molecule has 0 aliphatic rings. The van der Waals surface area contributed by atoms with Crippen molar-refractivity contribution in [2.24, 2.45) is 0 Å². The Morgan fingerprint density at radius 3 is 2.32 bits per heavy atom. The Bertz CT molecular complexity index is 456. The molecule has 0 aromatic heterocycles. The second-order valence-electron chi connectivity index (χ2n) is 3.56. The van der Waals surface area contributed by atoms with Crippen LogP contribution in [0.1, 0.15) is 19.4 Å². The van der Waals surface area contributed by atoms with E-state index in [1.807, 2.05) is 0 Å². The summed E-state index contributed by atoms with van der Waals surface area (Å²) >= 11 is 3.24. The summed E-state index contributed by atoms with van der Waals surface area (Å²) in [6, 6.07) is 3.22. The van der Waals surface area contributed by atoms with Gasteiger partial charge < -0.3 is 9.47 Å². The Hall–Kier alpha value is -1.17. The molecule has 1 rings (SSSR count). The van der Waals surface area contributed by atoms with E-state index in [1.165, 1.54) is 0 Å². The molecule has 0 bridgehead atoms. The summed E-state index contributed by atoms with van der Waals surface area (Å²) in [5.41, 5.74) is 0.317. The predicted molar refractivity (Wildman–Crippen MR) is 71.6 cm³/mol. The van der Waals surface area contributed by atoms with Crippen LogP contribution in [0.25, 0.3) is 6.08 Å². The van der Waals surface area contributed by atoms with E-state index >= 15 is 0 Å². The van der Waals surface area contributed by atoms with E-state index in [0.717, 1.165) is 6.08 Å². The van der Waals surface area contributed by atoms with Crippen molar-refractivity contribution < 1.29 is 22.6 Å². The normalized spacial score (nSPS) is 11.9. The molecule has 0 N–H and O–H groups in total. The lowest BCUT2D eigenvalue weighted by Gasteiger charge is -2.14. The maximum Gasteiger partial charge on any atom is 0.409 e. The largest absolute Gasteiger partial charge is 0.490 e. The number of benzene rings is 1. The monoisotopic (exact) mass is 338 g/mol. The average Bonchev–Trinajstić information content (AvgIpc) is 2.29. The Labute approximate surface area is 118 Å². The van der Waals surface area contributed by atoms with Crippen LogP contribution in [0.5, 0.6) is 11.5 Å². The van der Waals surface area contributed by atoms with Gasteiger partial charge in [0.15, 0.2) is 11.5 Å². The fraction of sp³-hybridized carbons (Fsp3) is 0.385. The summed E-state index contributed by atoms with van der Waals surface area (Å²) in [6.45, 7) is 4.30. The first-order chi connectivity index (χ1) is 8.87. The number of allylic oxidation sites excluding steroid dienone is 1. The zero-order valence-electron chi connectivity index (χ0n) is 10.6. The molecule has 6 heteroatoms. The van der Waals surface area contributed by atoms with E-state index in [9.17, 15) is 13.2 Å². The first-order valence-electron chi connectivity index (χ1n) is 5.72. The number of hydrogen-bond acceptors (Lipinski definition) is 2. The fourth-order valence-electron chi connectivity index (χ4n) is 1.46. The molecule has 0 amide bonds. The minimum atomic E-state index is -4.36. The standard InChI is InChI=1S/C13H14BrF3O2/c1-3-18-11-8-10(14)7-9(12(11)19-4-2)5-6-13(15,16)17/h5-8H,3-4H2,1-2H3. The van der Waals surface area contributed by atoms with Crippen LogP contribution in [0, 0.1) is 0 Å². The lowest BCUT2D eigenvalue weighted by molar-refractivity contribution is -0.0790. The van der Waals surface area contributed by atoms with Crippen LogP contribution in [-0.2, 0) is 0 Å². The lowest BCUT2D eigenvalue weighted by Crippen LogP contribution is -2.02. The zero-order valence-corrected chi connectivity index (χ0v) is 12.1. The van der Waals surface area contributed by atoms with Gasteiger partial charge in [0.1, 0.15) is 0 Å². The number of halogens is 4. The van der Waals surface area contributed by atoms with Crippen molar-refractivity contribution in [3.05, 3.63) is 28.2 Å². The molecular formula is C13H14BrF3O2. The predicted octanol–water partition coefficient (Wildman–Crippen LogP) is 4.82. The van der Waals surface area contributed by atoms with Gasteiger partial charge in [-0.05, 0) is 32.1 Å². The molecule has 106 valence electrons. The highest BCUT2D eigenvalue weighted by Crippen LogP contribution is 2.36. The van der Waals surface area contributed by atoms with Gasteiger partial charge in [-0.15, -0.1) is 0 Å². The molecule has 0 saturated heterocycles. The third-order valence-electron chi connectivity index (χ3n) is 2.09. The maximum absolute atomic E-state index is 12.2. The van der Waals surface area contributed by atoms with E-state index in [-0.39, 0.29) is 6.08 Å². The van der Waals surface area contributed by atoms with Crippen LogP contribution in [-0.4, -0.2) is 19.4 Å². The smallest absolute Gasteiger partial charge is 0.409 e. The van der Waals surface area contributed by atoms with Gasteiger partial charge >= 0.3 is 6.18 Å². The highest BCUT2D eigenvalue weighted by atomic mass is 79.9. The maximum atomic E-state index is 12.2. The molecule has 0 unspecified atom stereocenters. The van der Waals surface area contributed by atoms with Crippen LogP contribution in [0.4, 0.5) is 13.2 Å². The highest BCUT2D eigenvalue weighted by molar-refractivity contribution is 9.10. The fourth-order valence-corrected chi connectivity index (χ4v) is 1.91. The molecule has 0 heterocycles. The molecule has 2 nitrogen and oxygen atoms in total. The number of alkyl halides is 3. The minimum absolute atomic E-state index is 0.174. The summed E-state index contributed by atoms with van der Waals surface area (Å²) < 4.78 is 48.1. The summed E-state index contributed by atoms with van der Waals surface area (Å²) in [7, 11) is 0. The molecular weight excluding hydrogens is 325 g/mol. The quantitative estimate of drug-likeness (QED) is 0.766. The van der Waals surface area contributed by atoms with Gasteiger partial charge in [-0.2, -0.15) is 13.2 Å². The van der Waals surface area contributed by atoms with Gasteiger partial charge in [0.05, 0.1) is 13.2 Å². The van der Waals surface area contributed by atoms with Crippen LogP contribution in [0.3, 0.4) is 0 Å². The zero-order chi connectivity index (χ0) is 14.5. The summed E-state index contributed by atoms with van der Waals surface area (Å²) in [5.74, 6) is 0.730. The Morgan fingerprint density at radius 1 is 1.16 bits per heavy atom. The van der Waals surface area contributed by atoms with Gasteiger partial charge in [-0.25, -0.2) is 0 Å². The second-order valence-corrected chi connectivity index (χ2v) is 4.48. The van der Waals surface area contributed by atoms with Crippen molar-refractivity contribution in [1.82, 2.24) is 0 Å². The molecule has 0 radical (unpaired) electrons. The van der Waals surface area contributed by atoms with Gasteiger partial charge in [-0.1, -0.05) is 15.9 Å². The van der Waals surface area contributed by atoms with Crippen LogP contribution < -0.4 is 9.47 Å². The van der Waals surface area contributed by atoms with Gasteiger partial charge in [-0.3, -0.25) is 0 Å². The Kier molecular flexibility index (Phi) is 5.72. The van der Waals surface area contributed by atoms with Crippen LogP contribution in [0.2, 0.25) is 0 Å². The second kappa shape index (κ2) is 6.84. The molecule has 0 saturated carbocycles. The SMILES string of the molecule is CCOc1cc(Br)cc(C=CC(F)(F)F)c1OCC. The molecule has 0 atom stereocenters. The number of rotatable bonds is 5. The van der Waals surface area contributed by atoms with Crippen molar-refractivity contribution in [3.8, 4) is 11.5 Å². The average molecular weight is 339 g/mol. The van der Waals surface area contributed by atoms with Crippen molar-refractivity contribution in [3.63, 3.8) is 0 Å². The first-order valence-corrected chi connectivity index (χ1v) is 6.51. The summed E-state index contributed by atoms with van der Waals surface area (Å²) in [5, 5.41) is 0. The molecule has 0 aliphatic heterocycles. The van der Waals surface area contributed by atoms with E-state index in [1.54, 1.807) is 26.0 Å². The molecule has 1 aromatic rings. The minimum Gasteiger partial charge on any atom is -0.490 e.